The van der Waals surface area contributed by atoms with Gasteiger partial charge in [-0.25, -0.2) is 17.6 Å². The predicted molar refractivity (Wildman–Crippen MR) is 109 cm³/mol. The Balaban J connectivity index is 1.59. The molecule has 1 atom stereocenters. The highest BCUT2D eigenvalue weighted by molar-refractivity contribution is 5.48. The number of rotatable bonds is 2. The van der Waals surface area contributed by atoms with Crippen molar-refractivity contribution in [3.8, 4) is 11.8 Å². The molecule has 0 amide bonds. The van der Waals surface area contributed by atoms with Crippen LogP contribution < -0.4 is 0 Å². The first-order valence-corrected chi connectivity index (χ1v) is 10.0. The zero-order valence-electron chi connectivity index (χ0n) is 16.5. The van der Waals surface area contributed by atoms with Crippen molar-refractivity contribution in [1.82, 2.24) is 0 Å². The predicted octanol–water partition coefficient (Wildman–Crippen LogP) is 6.48. The van der Waals surface area contributed by atoms with Crippen molar-refractivity contribution in [3.05, 3.63) is 105 Å². The van der Waals surface area contributed by atoms with Crippen LogP contribution in [-0.4, -0.2) is 0 Å². The molecule has 0 spiro atoms. The second-order valence-electron chi connectivity index (χ2n) is 7.59. The molecule has 0 fully saturated rings. The Hall–Kier alpha value is -3.06. The molecule has 1 aliphatic rings. The van der Waals surface area contributed by atoms with Gasteiger partial charge in [0, 0.05) is 5.56 Å². The fourth-order valence-corrected chi connectivity index (χ4v) is 4.01. The van der Waals surface area contributed by atoms with Gasteiger partial charge in [0.25, 0.3) is 0 Å². The molecule has 30 heavy (non-hydrogen) atoms. The first-order chi connectivity index (χ1) is 14.5. The summed E-state index contributed by atoms with van der Waals surface area (Å²) >= 11 is 0. The Morgan fingerprint density at radius 1 is 0.867 bits per heavy atom. The van der Waals surface area contributed by atoms with Gasteiger partial charge in [-0.15, -0.1) is 0 Å². The minimum absolute atomic E-state index is 0.0157. The Morgan fingerprint density at radius 3 is 2.43 bits per heavy atom. The summed E-state index contributed by atoms with van der Waals surface area (Å²) in [5.41, 5.74) is 3.60. The van der Waals surface area contributed by atoms with Crippen LogP contribution in [0, 0.1) is 35.1 Å². The lowest BCUT2D eigenvalue weighted by atomic mass is 9.79. The summed E-state index contributed by atoms with van der Waals surface area (Å²) < 4.78 is 55.8. The van der Waals surface area contributed by atoms with Gasteiger partial charge < -0.3 is 0 Å². The molecule has 0 bridgehead atoms. The summed E-state index contributed by atoms with van der Waals surface area (Å²) in [6.45, 7) is 1.99. The van der Waals surface area contributed by atoms with E-state index in [0.29, 0.717) is 30.4 Å². The Morgan fingerprint density at radius 2 is 1.70 bits per heavy atom. The Kier molecular flexibility index (Phi) is 5.63. The number of halogens is 4. The van der Waals surface area contributed by atoms with Gasteiger partial charge in [0.2, 0.25) is 0 Å². The van der Waals surface area contributed by atoms with Gasteiger partial charge in [-0.05, 0) is 84.2 Å². The van der Waals surface area contributed by atoms with Crippen LogP contribution in [-0.2, 0) is 19.3 Å². The lowest BCUT2D eigenvalue weighted by Crippen LogP contribution is -2.16. The molecule has 4 rings (SSSR count). The van der Waals surface area contributed by atoms with Crippen LogP contribution in [0.25, 0.3) is 0 Å². The summed E-state index contributed by atoms with van der Waals surface area (Å²) in [5.74, 6) is 2.90. The topological polar surface area (TPSA) is 0 Å². The van der Waals surface area contributed by atoms with Crippen LogP contribution in [0.5, 0.6) is 0 Å². The number of hydrogen-bond acceptors (Lipinski definition) is 0. The smallest absolute Gasteiger partial charge is 0.160 e. The van der Waals surface area contributed by atoms with E-state index < -0.39 is 11.6 Å². The van der Waals surface area contributed by atoms with Crippen LogP contribution in [0.1, 0.15) is 52.6 Å². The average Bonchev–Trinajstić information content (AvgIpc) is 2.75. The molecule has 0 aromatic heterocycles. The molecule has 1 unspecified atom stereocenters. The summed E-state index contributed by atoms with van der Waals surface area (Å²) in [5, 5.41) is 0. The van der Waals surface area contributed by atoms with Crippen molar-refractivity contribution in [2.24, 2.45) is 0 Å². The van der Waals surface area contributed by atoms with Gasteiger partial charge in [-0.1, -0.05) is 37.0 Å². The van der Waals surface area contributed by atoms with Gasteiger partial charge in [0.1, 0.15) is 11.6 Å². The summed E-state index contributed by atoms with van der Waals surface area (Å²) in [7, 11) is 0. The minimum atomic E-state index is -0.988. The molecular formula is C26H20F4. The highest BCUT2D eigenvalue weighted by Gasteiger charge is 2.25. The molecule has 152 valence electrons. The van der Waals surface area contributed by atoms with Crippen LogP contribution in [0.3, 0.4) is 0 Å². The number of fused-ring (bicyclic) bond motifs is 1. The molecule has 3 aromatic carbocycles. The van der Waals surface area contributed by atoms with Crippen molar-refractivity contribution < 1.29 is 17.6 Å². The fraction of sp³-hybridized carbons (Fsp3) is 0.231. The van der Waals surface area contributed by atoms with Gasteiger partial charge in [0.15, 0.2) is 11.6 Å². The van der Waals surface area contributed by atoms with Crippen LogP contribution in [0.15, 0.2) is 48.5 Å². The van der Waals surface area contributed by atoms with E-state index in [-0.39, 0.29) is 28.7 Å². The lowest BCUT2D eigenvalue weighted by Gasteiger charge is -2.26. The molecule has 0 heterocycles. The highest BCUT2D eigenvalue weighted by atomic mass is 19.2. The van der Waals surface area contributed by atoms with E-state index in [2.05, 4.69) is 11.8 Å². The van der Waals surface area contributed by atoms with Crippen LogP contribution in [0.4, 0.5) is 17.6 Å². The van der Waals surface area contributed by atoms with Crippen LogP contribution >= 0.6 is 0 Å². The van der Waals surface area contributed by atoms with E-state index in [4.69, 9.17) is 0 Å². The molecular weight excluding hydrogens is 388 g/mol. The van der Waals surface area contributed by atoms with E-state index in [1.165, 1.54) is 6.07 Å². The molecule has 0 aliphatic heterocycles. The first-order valence-electron chi connectivity index (χ1n) is 10.0. The van der Waals surface area contributed by atoms with E-state index in [1.807, 2.05) is 25.1 Å². The van der Waals surface area contributed by atoms with Crippen molar-refractivity contribution in [2.45, 2.75) is 38.5 Å². The molecule has 0 nitrogen and oxygen atoms in total. The van der Waals surface area contributed by atoms with Gasteiger partial charge in [0.05, 0.1) is 5.56 Å². The highest BCUT2D eigenvalue weighted by Crippen LogP contribution is 2.36. The monoisotopic (exact) mass is 408 g/mol. The molecule has 0 saturated heterocycles. The van der Waals surface area contributed by atoms with Gasteiger partial charge in [-0.2, -0.15) is 0 Å². The number of benzene rings is 3. The minimum Gasteiger partial charge on any atom is -0.207 e. The third-order valence-electron chi connectivity index (χ3n) is 5.72. The van der Waals surface area contributed by atoms with Crippen molar-refractivity contribution >= 4 is 0 Å². The average molecular weight is 408 g/mol. The van der Waals surface area contributed by atoms with Crippen molar-refractivity contribution in [2.75, 3.05) is 0 Å². The first kappa shape index (κ1) is 20.2. The number of aryl methyl sites for hydroxylation is 1. The third kappa shape index (κ3) is 3.98. The SMILES string of the molecule is CCc1ccc(C2CCc3c(ccc(C#Cc4ccc(F)c(F)c4)c3F)C2)c(F)c1. The normalized spacial score (nSPS) is 15.3. The Bertz CT molecular complexity index is 1170. The van der Waals surface area contributed by atoms with E-state index >= 15 is 0 Å². The molecule has 0 saturated carbocycles. The molecule has 0 N–H and O–H groups in total. The largest absolute Gasteiger partial charge is 0.207 e. The fourth-order valence-electron chi connectivity index (χ4n) is 4.01. The summed E-state index contributed by atoms with van der Waals surface area (Å²) in [6, 6.07) is 12.1. The zero-order chi connectivity index (χ0) is 21.3. The van der Waals surface area contributed by atoms with E-state index in [0.717, 1.165) is 29.7 Å². The molecule has 0 radical (unpaired) electrons. The van der Waals surface area contributed by atoms with Crippen molar-refractivity contribution in [1.29, 1.82) is 0 Å². The Labute approximate surface area is 173 Å². The second kappa shape index (κ2) is 8.36. The quantitative estimate of drug-likeness (QED) is 0.336. The summed E-state index contributed by atoms with van der Waals surface area (Å²) in [4.78, 5) is 0. The standard InChI is InChI=1S/C26H20F4/c1-2-16-4-10-21(24(28)13-16)19-9-11-22-20(15-19)8-7-18(26(22)30)6-3-17-5-12-23(27)25(29)14-17/h4-5,7-8,10,12-14,19H,2,9,11,15H2,1H3. The van der Waals surface area contributed by atoms with Crippen LogP contribution in [0.2, 0.25) is 0 Å². The zero-order valence-corrected chi connectivity index (χ0v) is 16.5. The van der Waals surface area contributed by atoms with E-state index in [9.17, 15) is 17.6 Å². The number of hydrogen-bond donors (Lipinski definition) is 0. The van der Waals surface area contributed by atoms with E-state index in [1.54, 1.807) is 12.1 Å². The van der Waals surface area contributed by atoms with Gasteiger partial charge >= 0.3 is 0 Å². The lowest BCUT2D eigenvalue weighted by molar-refractivity contribution is 0.508. The molecule has 3 aromatic rings. The third-order valence-corrected chi connectivity index (χ3v) is 5.72. The molecule has 1 aliphatic carbocycles. The molecule has 4 heteroatoms. The maximum absolute atomic E-state index is 15.0. The maximum atomic E-state index is 15.0. The van der Waals surface area contributed by atoms with Crippen molar-refractivity contribution in [3.63, 3.8) is 0 Å². The van der Waals surface area contributed by atoms with Gasteiger partial charge in [-0.3, -0.25) is 0 Å². The summed E-state index contributed by atoms with van der Waals surface area (Å²) in [6.07, 6.45) is 2.52. The maximum Gasteiger partial charge on any atom is 0.160 e. The second-order valence-corrected chi connectivity index (χ2v) is 7.59.